The van der Waals surface area contributed by atoms with Gasteiger partial charge in [-0.05, 0) is 24.6 Å². The van der Waals surface area contributed by atoms with E-state index in [2.05, 4.69) is 15.2 Å². The molecule has 0 saturated heterocycles. The standard InChI is InChI=1S/C16H15N5O2S/c1-2-20-15(13-7-9-17-10-8-13)18-19-16(20)24-11-12-3-5-14(6-4-12)21(22)23/h3-10H,2,11H2,1H3. The van der Waals surface area contributed by atoms with Crippen molar-refractivity contribution in [1.82, 2.24) is 19.7 Å². The predicted molar refractivity (Wildman–Crippen MR) is 91.6 cm³/mol. The Bertz CT molecular complexity index is 833. The van der Waals surface area contributed by atoms with Crippen LogP contribution in [0.15, 0.2) is 53.9 Å². The number of aromatic nitrogens is 4. The van der Waals surface area contributed by atoms with Gasteiger partial charge in [0.2, 0.25) is 0 Å². The lowest BCUT2D eigenvalue weighted by Gasteiger charge is -2.07. The van der Waals surface area contributed by atoms with Crippen LogP contribution in [0.5, 0.6) is 0 Å². The summed E-state index contributed by atoms with van der Waals surface area (Å²) in [6, 6.07) is 10.4. The first-order valence-corrected chi connectivity index (χ1v) is 8.37. The van der Waals surface area contributed by atoms with Gasteiger partial charge < -0.3 is 4.57 Å². The number of thioether (sulfide) groups is 1. The molecule has 0 aliphatic heterocycles. The van der Waals surface area contributed by atoms with Gasteiger partial charge in [-0.3, -0.25) is 15.1 Å². The second-order valence-electron chi connectivity index (χ2n) is 5.00. The molecule has 0 aliphatic carbocycles. The fraction of sp³-hybridized carbons (Fsp3) is 0.188. The molecule has 0 aliphatic rings. The molecule has 3 rings (SSSR count). The van der Waals surface area contributed by atoms with E-state index in [-0.39, 0.29) is 5.69 Å². The molecule has 3 aromatic rings. The van der Waals surface area contributed by atoms with E-state index in [1.807, 2.05) is 23.6 Å². The van der Waals surface area contributed by atoms with Crippen LogP contribution in [0.3, 0.4) is 0 Å². The molecule has 0 amide bonds. The van der Waals surface area contributed by atoms with Crippen molar-refractivity contribution in [3.05, 3.63) is 64.5 Å². The van der Waals surface area contributed by atoms with Crippen molar-refractivity contribution in [3.63, 3.8) is 0 Å². The van der Waals surface area contributed by atoms with Crippen molar-refractivity contribution < 1.29 is 4.92 Å². The molecule has 2 heterocycles. The Morgan fingerprint density at radius 3 is 2.46 bits per heavy atom. The monoisotopic (exact) mass is 341 g/mol. The number of rotatable bonds is 6. The third-order valence-electron chi connectivity index (χ3n) is 3.49. The zero-order valence-electron chi connectivity index (χ0n) is 13.0. The number of nitro groups is 1. The zero-order valence-corrected chi connectivity index (χ0v) is 13.8. The first kappa shape index (κ1) is 16.1. The summed E-state index contributed by atoms with van der Waals surface area (Å²) >= 11 is 1.56. The lowest BCUT2D eigenvalue weighted by Crippen LogP contribution is -2.00. The van der Waals surface area contributed by atoms with Crippen molar-refractivity contribution in [2.24, 2.45) is 0 Å². The molecule has 24 heavy (non-hydrogen) atoms. The SMILES string of the molecule is CCn1c(SCc2ccc([N+](=O)[O-])cc2)nnc1-c1ccncc1. The van der Waals surface area contributed by atoms with Gasteiger partial charge in [-0.15, -0.1) is 10.2 Å². The highest BCUT2D eigenvalue weighted by Crippen LogP contribution is 2.26. The second-order valence-corrected chi connectivity index (χ2v) is 5.94. The maximum absolute atomic E-state index is 10.7. The van der Waals surface area contributed by atoms with E-state index in [0.29, 0.717) is 5.75 Å². The third-order valence-corrected chi connectivity index (χ3v) is 4.52. The molecule has 0 N–H and O–H groups in total. The Balaban J connectivity index is 1.76. The van der Waals surface area contributed by atoms with Gasteiger partial charge in [0.25, 0.3) is 5.69 Å². The molecular formula is C16H15N5O2S. The highest BCUT2D eigenvalue weighted by molar-refractivity contribution is 7.98. The minimum Gasteiger partial charge on any atom is -0.302 e. The normalized spacial score (nSPS) is 10.7. The maximum atomic E-state index is 10.7. The maximum Gasteiger partial charge on any atom is 0.269 e. The van der Waals surface area contributed by atoms with Crippen molar-refractivity contribution in [1.29, 1.82) is 0 Å². The number of non-ortho nitro benzene ring substituents is 1. The summed E-state index contributed by atoms with van der Waals surface area (Å²) in [5.74, 6) is 1.48. The number of nitro benzene ring substituents is 1. The van der Waals surface area contributed by atoms with E-state index < -0.39 is 4.92 Å². The average Bonchev–Trinajstić information content (AvgIpc) is 3.04. The van der Waals surface area contributed by atoms with E-state index in [1.165, 1.54) is 12.1 Å². The fourth-order valence-corrected chi connectivity index (χ4v) is 3.22. The van der Waals surface area contributed by atoms with Gasteiger partial charge >= 0.3 is 0 Å². The van der Waals surface area contributed by atoms with Crippen molar-refractivity contribution in [3.8, 4) is 11.4 Å². The molecule has 122 valence electrons. The van der Waals surface area contributed by atoms with Crippen molar-refractivity contribution in [2.75, 3.05) is 0 Å². The van der Waals surface area contributed by atoms with Gasteiger partial charge in [0.15, 0.2) is 11.0 Å². The molecule has 2 aromatic heterocycles. The summed E-state index contributed by atoms with van der Waals surface area (Å²) in [4.78, 5) is 14.3. The Kier molecular flexibility index (Phi) is 4.85. The molecule has 1 aromatic carbocycles. The van der Waals surface area contributed by atoms with Gasteiger partial charge in [0.1, 0.15) is 0 Å². The molecule has 0 atom stereocenters. The Morgan fingerprint density at radius 2 is 1.83 bits per heavy atom. The Labute approximate surface area is 142 Å². The van der Waals surface area contributed by atoms with Crippen LogP contribution in [-0.2, 0) is 12.3 Å². The molecule has 0 spiro atoms. The molecule has 0 saturated carbocycles. The zero-order chi connectivity index (χ0) is 16.9. The van der Waals surface area contributed by atoms with Crippen molar-refractivity contribution in [2.45, 2.75) is 24.4 Å². The van der Waals surface area contributed by atoms with Crippen LogP contribution >= 0.6 is 11.8 Å². The minimum atomic E-state index is -0.397. The van der Waals surface area contributed by atoms with Crippen LogP contribution in [0.4, 0.5) is 5.69 Å². The summed E-state index contributed by atoms with van der Waals surface area (Å²) in [5.41, 5.74) is 2.07. The van der Waals surface area contributed by atoms with E-state index in [9.17, 15) is 10.1 Å². The summed E-state index contributed by atoms with van der Waals surface area (Å²) in [7, 11) is 0. The summed E-state index contributed by atoms with van der Waals surface area (Å²) in [6.45, 7) is 2.80. The number of benzene rings is 1. The van der Waals surface area contributed by atoms with Gasteiger partial charge in [-0.25, -0.2) is 0 Å². The Morgan fingerprint density at radius 1 is 1.12 bits per heavy atom. The van der Waals surface area contributed by atoms with Crippen LogP contribution in [0.25, 0.3) is 11.4 Å². The number of pyridine rings is 1. The van der Waals surface area contributed by atoms with Crippen LogP contribution in [0.2, 0.25) is 0 Å². The highest BCUT2D eigenvalue weighted by atomic mass is 32.2. The van der Waals surface area contributed by atoms with E-state index in [0.717, 1.165) is 28.7 Å². The minimum absolute atomic E-state index is 0.0976. The highest BCUT2D eigenvalue weighted by Gasteiger charge is 2.13. The smallest absolute Gasteiger partial charge is 0.269 e. The summed E-state index contributed by atoms with van der Waals surface area (Å²) in [5, 5.41) is 20.1. The van der Waals surface area contributed by atoms with E-state index >= 15 is 0 Å². The fourth-order valence-electron chi connectivity index (χ4n) is 2.26. The summed E-state index contributed by atoms with van der Waals surface area (Å²) in [6.07, 6.45) is 3.46. The lowest BCUT2D eigenvalue weighted by atomic mass is 10.2. The van der Waals surface area contributed by atoms with Gasteiger partial charge in [-0.1, -0.05) is 23.9 Å². The number of hydrogen-bond acceptors (Lipinski definition) is 6. The molecule has 0 radical (unpaired) electrons. The average molecular weight is 341 g/mol. The third kappa shape index (κ3) is 3.43. The molecule has 0 unspecified atom stereocenters. The second kappa shape index (κ2) is 7.22. The molecule has 0 fully saturated rings. The lowest BCUT2D eigenvalue weighted by molar-refractivity contribution is -0.384. The van der Waals surface area contributed by atoms with Crippen LogP contribution in [0, 0.1) is 10.1 Å². The van der Waals surface area contributed by atoms with Crippen LogP contribution in [-0.4, -0.2) is 24.7 Å². The van der Waals surface area contributed by atoms with E-state index in [4.69, 9.17) is 0 Å². The van der Waals surface area contributed by atoms with E-state index in [1.54, 1.807) is 36.3 Å². The summed E-state index contributed by atoms with van der Waals surface area (Å²) < 4.78 is 2.05. The van der Waals surface area contributed by atoms with Gasteiger partial charge in [0, 0.05) is 42.4 Å². The van der Waals surface area contributed by atoms with Gasteiger partial charge in [-0.2, -0.15) is 0 Å². The first-order valence-electron chi connectivity index (χ1n) is 7.38. The van der Waals surface area contributed by atoms with Crippen LogP contribution in [0.1, 0.15) is 12.5 Å². The number of hydrogen-bond donors (Lipinski definition) is 0. The Hall–Kier alpha value is -2.74. The van der Waals surface area contributed by atoms with Crippen molar-refractivity contribution >= 4 is 17.4 Å². The largest absolute Gasteiger partial charge is 0.302 e. The van der Waals surface area contributed by atoms with Gasteiger partial charge in [0.05, 0.1) is 4.92 Å². The molecular weight excluding hydrogens is 326 g/mol. The quantitative estimate of drug-likeness (QED) is 0.387. The van der Waals surface area contributed by atoms with Crippen LogP contribution < -0.4 is 0 Å². The number of nitrogens with zero attached hydrogens (tertiary/aromatic N) is 5. The molecule has 8 heteroatoms. The predicted octanol–water partition coefficient (Wildman–Crippen LogP) is 3.56. The first-order chi connectivity index (χ1) is 11.7. The molecule has 0 bridgehead atoms. The topological polar surface area (TPSA) is 86.7 Å². The molecule has 7 nitrogen and oxygen atoms in total.